The van der Waals surface area contributed by atoms with Crippen molar-refractivity contribution in [1.82, 2.24) is 5.32 Å². The van der Waals surface area contributed by atoms with Gasteiger partial charge in [-0.15, -0.1) is 0 Å². The minimum Gasteiger partial charge on any atom is -0.497 e. The lowest BCUT2D eigenvalue weighted by molar-refractivity contribution is 0.353. The molecule has 2 rings (SSSR count). The highest BCUT2D eigenvalue weighted by molar-refractivity contribution is 5.28. The zero-order chi connectivity index (χ0) is 13.7. The van der Waals surface area contributed by atoms with Crippen LogP contribution in [0, 0.1) is 11.7 Å². The summed E-state index contributed by atoms with van der Waals surface area (Å²) in [5, 5.41) is 3.53. The Kier molecular flexibility index (Phi) is 5.20. The molecule has 1 saturated carbocycles. The average molecular weight is 265 g/mol. The molecule has 1 N–H and O–H groups in total. The van der Waals surface area contributed by atoms with E-state index in [4.69, 9.17) is 4.74 Å². The van der Waals surface area contributed by atoms with Crippen LogP contribution in [0.15, 0.2) is 18.2 Å². The highest BCUT2D eigenvalue weighted by Gasteiger charge is 2.19. The molecule has 0 aromatic heterocycles. The third-order valence-corrected chi connectivity index (χ3v) is 4.18. The number of rotatable bonds is 4. The Morgan fingerprint density at radius 1 is 1.26 bits per heavy atom. The van der Waals surface area contributed by atoms with Gasteiger partial charge in [0, 0.05) is 24.2 Å². The lowest BCUT2D eigenvalue weighted by Gasteiger charge is -2.23. The van der Waals surface area contributed by atoms with E-state index in [1.54, 1.807) is 7.11 Å². The van der Waals surface area contributed by atoms with Crippen LogP contribution in [-0.2, 0) is 6.54 Å². The maximum absolute atomic E-state index is 13.8. The zero-order valence-corrected chi connectivity index (χ0v) is 11.9. The van der Waals surface area contributed by atoms with E-state index in [0.717, 1.165) is 5.56 Å². The maximum atomic E-state index is 13.8. The molecule has 1 aromatic rings. The van der Waals surface area contributed by atoms with Gasteiger partial charge in [-0.3, -0.25) is 0 Å². The fourth-order valence-corrected chi connectivity index (χ4v) is 2.84. The summed E-state index contributed by atoms with van der Waals surface area (Å²) in [6.07, 6.45) is 6.43. The lowest BCUT2D eigenvalue weighted by atomic mass is 9.97. The highest BCUT2D eigenvalue weighted by atomic mass is 19.1. The number of methoxy groups -OCH3 is 1. The van der Waals surface area contributed by atoms with E-state index in [-0.39, 0.29) is 5.82 Å². The summed E-state index contributed by atoms with van der Waals surface area (Å²) in [5.41, 5.74) is 0.720. The molecule has 2 atom stereocenters. The average Bonchev–Trinajstić information content (AvgIpc) is 2.62. The normalized spacial score (nSPS) is 23.9. The van der Waals surface area contributed by atoms with Gasteiger partial charge in [0.2, 0.25) is 0 Å². The summed E-state index contributed by atoms with van der Waals surface area (Å²) in [6, 6.07) is 5.59. The van der Waals surface area contributed by atoms with Crippen molar-refractivity contribution < 1.29 is 9.13 Å². The quantitative estimate of drug-likeness (QED) is 0.834. The molecule has 3 heteroatoms. The van der Waals surface area contributed by atoms with Crippen molar-refractivity contribution in [2.75, 3.05) is 7.11 Å². The van der Waals surface area contributed by atoms with E-state index >= 15 is 0 Å². The topological polar surface area (TPSA) is 21.3 Å². The van der Waals surface area contributed by atoms with E-state index in [9.17, 15) is 4.39 Å². The van der Waals surface area contributed by atoms with Crippen molar-refractivity contribution >= 4 is 0 Å². The minimum atomic E-state index is -0.187. The van der Waals surface area contributed by atoms with Crippen molar-refractivity contribution in [3.05, 3.63) is 29.6 Å². The smallest absolute Gasteiger partial charge is 0.131 e. The van der Waals surface area contributed by atoms with Crippen LogP contribution >= 0.6 is 0 Å². The molecule has 106 valence electrons. The van der Waals surface area contributed by atoms with Crippen molar-refractivity contribution in [2.45, 2.75) is 51.6 Å². The molecule has 0 amide bonds. The Morgan fingerprint density at radius 2 is 2.05 bits per heavy atom. The molecule has 2 nitrogen and oxygen atoms in total. The van der Waals surface area contributed by atoms with Crippen LogP contribution in [-0.4, -0.2) is 13.2 Å². The molecule has 1 aliphatic rings. The second kappa shape index (κ2) is 6.90. The summed E-state index contributed by atoms with van der Waals surface area (Å²) < 4.78 is 18.9. The summed E-state index contributed by atoms with van der Waals surface area (Å²) in [7, 11) is 1.56. The number of hydrogen-bond acceptors (Lipinski definition) is 2. The third-order valence-electron chi connectivity index (χ3n) is 4.18. The van der Waals surface area contributed by atoms with E-state index in [2.05, 4.69) is 12.2 Å². The van der Waals surface area contributed by atoms with Crippen molar-refractivity contribution in [1.29, 1.82) is 0 Å². The summed E-state index contributed by atoms with van der Waals surface area (Å²) in [4.78, 5) is 0. The van der Waals surface area contributed by atoms with Crippen LogP contribution in [0.2, 0.25) is 0 Å². The largest absolute Gasteiger partial charge is 0.497 e. The molecule has 19 heavy (non-hydrogen) atoms. The molecular formula is C16H24FNO. The monoisotopic (exact) mass is 265 g/mol. The van der Waals surface area contributed by atoms with Crippen LogP contribution in [0.25, 0.3) is 0 Å². The number of ether oxygens (including phenoxy) is 1. The first-order chi connectivity index (χ1) is 9.20. The number of benzene rings is 1. The van der Waals surface area contributed by atoms with Gasteiger partial charge in [-0.05, 0) is 24.8 Å². The maximum Gasteiger partial charge on any atom is 0.131 e. The fourth-order valence-electron chi connectivity index (χ4n) is 2.84. The van der Waals surface area contributed by atoms with E-state index in [1.807, 2.05) is 12.1 Å². The Morgan fingerprint density at radius 3 is 2.79 bits per heavy atom. The van der Waals surface area contributed by atoms with Crippen LogP contribution in [0.4, 0.5) is 4.39 Å². The van der Waals surface area contributed by atoms with Crippen molar-refractivity contribution in [3.63, 3.8) is 0 Å². The number of nitrogens with one attached hydrogen (secondary N) is 1. The first-order valence-corrected chi connectivity index (χ1v) is 7.26. The number of halogens is 1. The SMILES string of the molecule is COc1ccc(CNC2CCCCCC2C)c(F)c1. The first kappa shape index (κ1) is 14.3. The highest BCUT2D eigenvalue weighted by Crippen LogP contribution is 2.23. The van der Waals surface area contributed by atoms with Gasteiger partial charge >= 0.3 is 0 Å². The second-order valence-electron chi connectivity index (χ2n) is 5.56. The van der Waals surface area contributed by atoms with Crippen LogP contribution in [0.5, 0.6) is 5.75 Å². The molecule has 0 radical (unpaired) electrons. The van der Waals surface area contributed by atoms with Gasteiger partial charge in [0.05, 0.1) is 7.11 Å². The van der Waals surface area contributed by atoms with Crippen molar-refractivity contribution in [2.24, 2.45) is 5.92 Å². The molecule has 0 spiro atoms. The molecule has 1 aromatic carbocycles. The van der Waals surface area contributed by atoms with Gasteiger partial charge in [-0.1, -0.05) is 32.3 Å². The van der Waals surface area contributed by atoms with Crippen LogP contribution < -0.4 is 10.1 Å². The van der Waals surface area contributed by atoms with Gasteiger partial charge in [0.1, 0.15) is 11.6 Å². The molecule has 0 saturated heterocycles. The van der Waals surface area contributed by atoms with Crippen LogP contribution in [0.3, 0.4) is 0 Å². The van der Waals surface area contributed by atoms with Crippen LogP contribution in [0.1, 0.15) is 44.6 Å². The summed E-state index contributed by atoms with van der Waals surface area (Å²) in [6.45, 7) is 2.90. The molecule has 0 bridgehead atoms. The Labute approximate surface area is 115 Å². The van der Waals surface area contributed by atoms with Gasteiger partial charge in [0.25, 0.3) is 0 Å². The van der Waals surface area contributed by atoms with Gasteiger partial charge in [-0.25, -0.2) is 4.39 Å². The molecular weight excluding hydrogens is 241 g/mol. The Hall–Kier alpha value is -1.09. The minimum absolute atomic E-state index is 0.187. The molecule has 2 unspecified atom stereocenters. The molecule has 1 aliphatic carbocycles. The zero-order valence-electron chi connectivity index (χ0n) is 11.9. The van der Waals surface area contributed by atoms with E-state index in [1.165, 1.54) is 38.2 Å². The van der Waals surface area contributed by atoms with Crippen molar-refractivity contribution in [3.8, 4) is 5.75 Å². The molecule has 0 aliphatic heterocycles. The summed E-state index contributed by atoms with van der Waals surface area (Å²) >= 11 is 0. The second-order valence-corrected chi connectivity index (χ2v) is 5.56. The Balaban J connectivity index is 1.94. The van der Waals surface area contributed by atoms with Gasteiger partial charge in [-0.2, -0.15) is 0 Å². The molecule has 1 fully saturated rings. The van der Waals surface area contributed by atoms with Gasteiger partial charge < -0.3 is 10.1 Å². The first-order valence-electron chi connectivity index (χ1n) is 7.26. The lowest BCUT2D eigenvalue weighted by Crippen LogP contribution is -2.34. The standard InChI is InChI=1S/C16H24FNO/c1-12-6-4-3-5-7-16(12)18-11-13-8-9-14(19-2)10-15(13)17/h8-10,12,16,18H,3-7,11H2,1-2H3. The molecule has 0 heterocycles. The predicted octanol–water partition coefficient (Wildman–Crippen LogP) is 3.89. The van der Waals surface area contributed by atoms with Gasteiger partial charge in [0.15, 0.2) is 0 Å². The number of hydrogen-bond donors (Lipinski definition) is 1. The van der Waals surface area contributed by atoms with E-state index in [0.29, 0.717) is 24.3 Å². The Bertz CT molecular complexity index is 408. The summed E-state index contributed by atoms with van der Waals surface area (Å²) in [5.74, 6) is 1.07. The third kappa shape index (κ3) is 3.93. The fraction of sp³-hybridized carbons (Fsp3) is 0.625. The predicted molar refractivity (Wildman–Crippen MR) is 75.8 cm³/mol. The van der Waals surface area contributed by atoms with E-state index < -0.39 is 0 Å².